The molecule has 0 amide bonds. The molecule has 0 unspecified atom stereocenters. The molecule has 0 bridgehead atoms. The summed E-state index contributed by atoms with van der Waals surface area (Å²) in [5, 5.41) is 8.03. The molecule has 2 aromatic rings. The number of nitrogens with zero attached hydrogens (tertiary/aromatic N) is 4. The van der Waals surface area contributed by atoms with Gasteiger partial charge in [0.1, 0.15) is 16.2 Å². The van der Waals surface area contributed by atoms with E-state index < -0.39 is 0 Å². The largest absolute Gasteiger partial charge is 0.342 e. The summed E-state index contributed by atoms with van der Waals surface area (Å²) in [6.45, 7) is 6.81. The second kappa shape index (κ2) is 4.75. The summed E-state index contributed by atoms with van der Waals surface area (Å²) in [4.78, 5) is 7.47. The van der Waals surface area contributed by atoms with Crippen LogP contribution in [0.5, 0.6) is 0 Å². The van der Waals surface area contributed by atoms with Gasteiger partial charge in [0.25, 0.3) is 0 Å². The second-order valence-electron chi connectivity index (χ2n) is 3.97. The van der Waals surface area contributed by atoms with Crippen LogP contribution in [-0.4, -0.2) is 25.0 Å². The van der Waals surface area contributed by atoms with Crippen LogP contribution >= 0.6 is 12.2 Å². The fourth-order valence-corrected chi connectivity index (χ4v) is 1.97. The van der Waals surface area contributed by atoms with E-state index in [1.807, 2.05) is 18.5 Å². The van der Waals surface area contributed by atoms with Gasteiger partial charge in [-0.2, -0.15) is 0 Å². The standard InChI is InChI=1S/C11H15N5S/c1-4-5-16-9(6-12-15-16)10-7(2)11(17)14-8(3)13-10/h6H,4-5H2,1-3H3,(H,13,14,17). The fourth-order valence-electron chi connectivity index (χ4n) is 1.73. The van der Waals surface area contributed by atoms with Crippen molar-refractivity contribution in [3.05, 3.63) is 22.2 Å². The molecule has 0 aliphatic rings. The monoisotopic (exact) mass is 249 g/mol. The van der Waals surface area contributed by atoms with Gasteiger partial charge in [0.2, 0.25) is 0 Å². The number of aryl methyl sites for hydroxylation is 2. The lowest BCUT2D eigenvalue weighted by Crippen LogP contribution is -2.05. The van der Waals surface area contributed by atoms with Gasteiger partial charge < -0.3 is 4.98 Å². The Labute approximate surface area is 105 Å². The zero-order chi connectivity index (χ0) is 12.4. The van der Waals surface area contributed by atoms with Crippen LogP contribution in [0.2, 0.25) is 0 Å². The molecule has 1 N–H and O–H groups in total. The number of hydrogen-bond donors (Lipinski definition) is 1. The van der Waals surface area contributed by atoms with Crippen LogP contribution in [0, 0.1) is 18.5 Å². The van der Waals surface area contributed by atoms with E-state index in [4.69, 9.17) is 12.2 Å². The minimum absolute atomic E-state index is 0.625. The zero-order valence-corrected chi connectivity index (χ0v) is 11.0. The zero-order valence-electron chi connectivity index (χ0n) is 10.2. The molecule has 5 nitrogen and oxygen atoms in total. The van der Waals surface area contributed by atoms with Crippen LogP contribution in [0.1, 0.15) is 24.7 Å². The fraction of sp³-hybridized carbons (Fsp3) is 0.455. The molecule has 0 aliphatic heterocycles. The van der Waals surface area contributed by atoms with Crippen LogP contribution < -0.4 is 0 Å². The first-order valence-corrected chi connectivity index (χ1v) is 6.00. The van der Waals surface area contributed by atoms with Crippen molar-refractivity contribution in [1.29, 1.82) is 0 Å². The molecule has 0 atom stereocenters. The van der Waals surface area contributed by atoms with E-state index in [9.17, 15) is 0 Å². The molecular weight excluding hydrogens is 234 g/mol. The van der Waals surface area contributed by atoms with Crippen molar-refractivity contribution < 1.29 is 0 Å². The summed E-state index contributed by atoms with van der Waals surface area (Å²) < 4.78 is 2.51. The van der Waals surface area contributed by atoms with E-state index in [1.54, 1.807) is 6.20 Å². The maximum atomic E-state index is 5.23. The van der Waals surface area contributed by atoms with E-state index >= 15 is 0 Å². The van der Waals surface area contributed by atoms with Crippen LogP contribution in [0.3, 0.4) is 0 Å². The van der Waals surface area contributed by atoms with Crippen LogP contribution in [0.4, 0.5) is 0 Å². The molecule has 2 heterocycles. The molecule has 17 heavy (non-hydrogen) atoms. The topological polar surface area (TPSA) is 59.4 Å². The van der Waals surface area contributed by atoms with Crippen LogP contribution in [-0.2, 0) is 6.54 Å². The average Bonchev–Trinajstić information content (AvgIpc) is 2.72. The SMILES string of the molecule is CCCn1nncc1-c1[nH]c(C)nc(=S)c1C. The minimum atomic E-state index is 0.625. The van der Waals surface area contributed by atoms with Crippen LogP contribution in [0.25, 0.3) is 11.4 Å². The van der Waals surface area contributed by atoms with Gasteiger partial charge in [-0.05, 0) is 20.3 Å². The molecule has 0 radical (unpaired) electrons. The summed E-state index contributed by atoms with van der Waals surface area (Å²) in [6.07, 6.45) is 2.77. The quantitative estimate of drug-likeness (QED) is 0.849. The van der Waals surface area contributed by atoms with Crippen molar-refractivity contribution in [1.82, 2.24) is 25.0 Å². The Morgan fingerprint density at radius 2 is 2.18 bits per heavy atom. The van der Waals surface area contributed by atoms with Crippen molar-refractivity contribution in [2.24, 2.45) is 0 Å². The Kier molecular flexibility index (Phi) is 3.33. The van der Waals surface area contributed by atoms with Gasteiger partial charge in [0, 0.05) is 12.1 Å². The molecule has 2 aromatic heterocycles. The normalized spacial score (nSPS) is 10.8. The molecule has 0 saturated heterocycles. The molecular formula is C11H15N5S. The maximum Gasteiger partial charge on any atom is 0.133 e. The first kappa shape index (κ1) is 11.9. The van der Waals surface area contributed by atoms with E-state index in [2.05, 4.69) is 27.2 Å². The Morgan fingerprint density at radius 3 is 2.88 bits per heavy atom. The van der Waals surface area contributed by atoms with E-state index in [0.717, 1.165) is 35.7 Å². The van der Waals surface area contributed by atoms with Gasteiger partial charge in [-0.1, -0.05) is 24.4 Å². The van der Waals surface area contributed by atoms with E-state index in [-0.39, 0.29) is 0 Å². The Hall–Kier alpha value is -1.56. The smallest absolute Gasteiger partial charge is 0.133 e. The third-order valence-electron chi connectivity index (χ3n) is 2.58. The molecule has 90 valence electrons. The van der Waals surface area contributed by atoms with Crippen molar-refractivity contribution in [2.45, 2.75) is 33.7 Å². The first-order valence-electron chi connectivity index (χ1n) is 5.60. The summed E-state index contributed by atoms with van der Waals surface area (Å²) in [5.41, 5.74) is 2.88. The highest BCUT2D eigenvalue weighted by molar-refractivity contribution is 7.71. The molecule has 0 saturated carbocycles. The van der Waals surface area contributed by atoms with Crippen molar-refractivity contribution >= 4 is 12.2 Å². The number of nitrogens with one attached hydrogen (secondary N) is 1. The number of aromatic nitrogens is 5. The van der Waals surface area contributed by atoms with Crippen molar-refractivity contribution in [2.75, 3.05) is 0 Å². The van der Waals surface area contributed by atoms with E-state index in [1.165, 1.54) is 0 Å². The van der Waals surface area contributed by atoms with Gasteiger partial charge in [-0.25, -0.2) is 9.67 Å². The lowest BCUT2D eigenvalue weighted by molar-refractivity contribution is 0.583. The summed E-state index contributed by atoms with van der Waals surface area (Å²) >= 11 is 5.23. The maximum absolute atomic E-state index is 5.23. The summed E-state index contributed by atoms with van der Waals surface area (Å²) in [7, 11) is 0. The Bertz CT molecular complexity index is 584. The number of rotatable bonds is 3. The van der Waals surface area contributed by atoms with Crippen LogP contribution in [0.15, 0.2) is 6.20 Å². The summed E-state index contributed by atoms with van der Waals surface area (Å²) in [5.74, 6) is 0.805. The number of H-pyrrole nitrogens is 1. The van der Waals surface area contributed by atoms with Gasteiger partial charge in [-0.3, -0.25) is 0 Å². The lowest BCUT2D eigenvalue weighted by Gasteiger charge is -2.08. The highest BCUT2D eigenvalue weighted by Crippen LogP contribution is 2.20. The molecule has 0 spiro atoms. The molecule has 0 aliphatic carbocycles. The molecule has 0 fully saturated rings. The third-order valence-corrected chi connectivity index (χ3v) is 2.98. The number of hydrogen-bond acceptors (Lipinski definition) is 4. The first-order chi connectivity index (χ1) is 8.13. The van der Waals surface area contributed by atoms with Gasteiger partial charge in [0.05, 0.1) is 11.9 Å². The minimum Gasteiger partial charge on any atom is -0.342 e. The Morgan fingerprint density at radius 1 is 1.41 bits per heavy atom. The van der Waals surface area contributed by atoms with Crippen molar-refractivity contribution in [3.8, 4) is 11.4 Å². The highest BCUT2D eigenvalue weighted by atomic mass is 32.1. The van der Waals surface area contributed by atoms with Gasteiger partial charge >= 0.3 is 0 Å². The lowest BCUT2D eigenvalue weighted by atomic mass is 10.2. The Balaban J connectivity index is 2.60. The third kappa shape index (κ3) is 2.26. The predicted molar refractivity (Wildman–Crippen MR) is 68.2 cm³/mol. The van der Waals surface area contributed by atoms with Gasteiger partial charge in [0.15, 0.2) is 0 Å². The number of aromatic amines is 1. The van der Waals surface area contributed by atoms with Crippen molar-refractivity contribution in [3.63, 3.8) is 0 Å². The molecule has 0 aromatic carbocycles. The summed E-state index contributed by atoms with van der Waals surface area (Å²) in [6, 6.07) is 0. The molecule has 6 heteroatoms. The molecule has 2 rings (SSSR count). The predicted octanol–water partition coefficient (Wildman–Crippen LogP) is 2.42. The van der Waals surface area contributed by atoms with Gasteiger partial charge in [-0.15, -0.1) is 5.10 Å². The average molecular weight is 249 g/mol. The highest BCUT2D eigenvalue weighted by Gasteiger charge is 2.11. The second-order valence-corrected chi connectivity index (χ2v) is 4.36. The van der Waals surface area contributed by atoms with E-state index in [0.29, 0.717) is 4.64 Å².